The predicted octanol–water partition coefficient (Wildman–Crippen LogP) is 1.91. The quantitative estimate of drug-likeness (QED) is 0.564. The van der Waals surface area contributed by atoms with Crippen molar-refractivity contribution in [2.24, 2.45) is 0 Å². The molecule has 0 amide bonds. The first-order valence-electron chi connectivity index (χ1n) is 5.77. The molecule has 13 heavy (non-hydrogen) atoms. The van der Waals surface area contributed by atoms with Gasteiger partial charge in [-0.2, -0.15) is 0 Å². The fourth-order valence-electron chi connectivity index (χ4n) is 1.51. The van der Waals surface area contributed by atoms with Gasteiger partial charge in [-0.3, -0.25) is 0 Å². The molecule has 2 fully saturated rings. The zero-order valence-corrected chi connectivity index (χ0v) is 9.10. The molecular formula is C11H24N2. The highest BCUT2D eigenvalue weighted by molar-refractivity contribution is 4.89. The molecule has 0 aromatic carbocycles. The lowest BCUT2D eigenvalue weighted by atomic mass is 10.1. The second-order valence-electron chi connectivity index (χ2n) is 4.26. The zero-order valence-electron chi connectivity index (χ0n) is 9.10. The molecule has 0 bridgehead atoms. The van der Waals surface area contributed by atoms with Crippen LogP contribution in [0.2, 0.25) is 0 Å². The van der Waals surface area contributed by atoms with Gasteiger partial charge in [-0.15, -0.1) is 0 Å². The van der Waals surface area contributed by atoms with Gasteiger partial charge in [0.05, 0.1) is 0 Å². The van der Waals surface area contributed by atoms with Crippen molar-refractivity contribution in [2.75, 3.05) is 13.1 Å². The molecule has 0 saturated carbocycles. The van der Waals surface area contributed by atoms with Crippen LogP contribution in [0.25, 0.3) is 0 Å². The molecule has 2 rings (SSSR count). The van der Waals surface area contributed by atoms with Crippen LogP contribution >= 0.6 is 0 Å². The molecule has 0 radical (unpaired) electrons. The molecule has 2 saturated heterocycles. The van der Waals surface area contributed by atoms with Crippen LogP contribution in [-0.2, 0) is 0 Å². The SMILES string of the molecule is C1CCCNCCC1.CC1NC1C. The van der Waals surface area contributed by atoms with Gasteiger partial charge in [-0.05, 0) is 39.8 Å². The van der Waals surface area contributed by atoms with E-state index >= 15 is 0 Å². The summed E-state index contributed by atoms with van der Waals surface area (Å²) in [5, 5.41) is 6.58. The molecule has 2 heterocycles. The van der Waals surface area contributed by atoms with E-state index < -0.39 is 0 Å². The minimum absolute atomic E-state index is 0.801. The number of hydrogen-bond acceptors (Lipinski definition) is 2. The van der Waals surface area contributed by atoms with Gasteiger partial charge >= 0.3 is 0 Å². The maximum absolute atomic E-state index is 3.39. The minimum atomic E-state index is 0.801. The predicted molar refractivity (Wildman–Crippen MR) is 58.0 cm³/mol. The standard InChI is InChI=1S/C7H15N.C4H9N/c1-2-4-6-8-7-5-3-1;1-3-4(2)5-3/h8H,1-7H2;3-5H,1-2H3. The van der Waals surface area contributed by atoms with Gasteiger partial charge in [-0.1, -0.05) is 19.3 Å². The third-order valence-corrected chi connectivity index (χ3v) is 2.87. The van der Waals surface area contributed by atoms with E-state index in [-0.39, 0.29) is 0 Å². The monoisotopic (exact) mass is 184 g/mol. The molecule has 2 aliphatic heterocycles. The summed E-state index contributed by atoms with van der Waals surface area (Å²) < 4.78 is 0. The smallest absolute Gasteiger partial charge is 0.0193 e. The molecule has 0 aromatic rings. The molecule has 0 aliphatic carbocycles. The Morgan fingerprint density at radius 3 is 1.54 bits per heavy atom. The molecule has 0 aromatic heterocycles. The number of hydrogen-bond donors (Lipinski definition) is 2. The third-order valence-electron chi connectivity index (χ3n) is 2.87. The fraction of sp³-hybridized carbons (Fsp3) is 1.00. The van der Waals surface area contributed by atoms with Gasteiger partial charge in [-0.25, -0.2) is 0 Å². The van der Waals surface area contributed by atoms with Crippen molar-refractivity contribution in [3.63, 3.8) is 0 Å². The first kappa shape index (κ1) is 11.0. The van der Waals surface area contributed by atoms with E-state index in [0.29, 0.717) is 0 Å². The van der Waals surface area contributed by atoms with E-state index in [1.165, 1.54) is 45.2 Å². The van der Waals surface area contributed by atoms with E-state index in [4.69, 9.17) is 0 Å². The maximum atomic E-state index is 3.39. The second kappa shape index (κ2) is 6.39. The summed E-state index contributed by atoms with van der Waals surface area (Å²) >= 11 is 0. The van der Waals surface area contributed by atoms with E-state index in [1.54, 1.807) is 0 Å². The Bertz CT molecular complexity index is 95.3. The highest BCUT2D eigenvalue weighted by atomic mass is 15.1. The van der Waals surface area contributed by atoms with Crippen LogP contribution in [0.3, 0.4) is 0 Å². The van der Waals surface area contributed by atoms with E-state index in [2.05, 4.69) is 24.5 Å². The first-order valence-corrected chi connectivity index (χ1v) is 5.77. The highest BCUT2D eigenvalue weighted by Crippen LogP contribution is 2.05. The molecule has 2 N–H and O–H groups in total. The van der Waals surface area contributed by atoms with E-state index in [9.17, 15) is 0 Å². The summed E-state index contributed by atoms with van der Waals surface area (Å²) in [5.74, 6) is 0. The van der Waals surface area contributed by atoms with Crippen molar-refractivity contribution in [1.29, 1.82) is 0 Å². The molecule has 2 heteroatoms. The molecule has 2 atom stereocenters. The van der Waals surface area contributed by atoms with Crippen LogP contribution < -0.4 is 10.6 Å². The summed E-state index contributed by atoms with van der Waals surface area (Å²) in [7, 11) is 0. The van der Waals surface area contributed by atoms with Crippen LogP contribution in [0.15, 0.2) is 0 Å². The molecule has 0 spiro atoms. The van der Waals surface area contributed by atoms with Crippen molar-refractivity contribution in [2.45, 2.75) is 58.0 Å². The summed E-state index contributed by atoms with van der Waals surface area (Å²) in [6.07, 6.45) is 7.11. The molecular weight excluding hydrogens is 160 g/mol. The van der Waals surface area contributed by atoms with Crippen LogP contribution in [0.1, 0.15) is 46.0 Å². The summed E-state index contributed by atoms with van der Waals surface area (Å²) in [6.45, 7) is 6.87. The molecule has 2 nitrogen and oxygen atoms in total. The van der Waals surface area contributed by atoms with Crippen molar-refractivity contribution >= 4 is 0 Å². The van der Waals surface area contributed by atoms with Gasteiger partial charge in [0.25, 0.3) is 0 Å². The third kappa shape index (κ3) is 6.05. The van der Waals surface area contributed by atoms with Gasteiger partial charge in [0.15, 0.2) is 0 Å². The zero-order chi connectivity index (χ0) is 9.52. The van der Waals surface area contributed by atoms with Gasteiger partial charge in [0, 0.05) is 12.1 Å². The van der Waals surface area contributed by atoms with Gasteiger partial charge in [0.2, 0.25) is 0 Å². The topological polar surface area (TPSA) is 34.0 Å². The number of nitrogens with one attached hydrogen (secondary N) is 2. The number of rotatable bonds is 0. The highest BCUT2D eigenvalue weighted by Gasteiger charge is 2.24. The minimum Gasteiger partial charge on any atom is -0.317 e. The normalized spacial score (nSPS) is 33.7. The van der Waals surface area contributed by atoms with Crippen molar-refractivity contribution < 1.29 is 0 Å². The lowest BCUT2D eigenvalue weighted by Gasteiger charge is -2.08. The second-order valence-corrected chi connectivity index (χ2v) is 4.26. The average Bonchev–Trinajstić information content (AvgIpc) is 2.63. The average molecular weight is 184 g/mol. The Balaban J connectivity index is 0.000000145. The lowest BCUT2D eigenvalue weighted by Crippen LogP contribution is -2.18. The Kier molecular flexibility index (Phi) is 5.40. The van der Waals surface area contributed by atoms with Crippen LogP contribution in [-0.4, -0.2) is 25.2 Å². The Morgan fingerprint density at radius 2 is 1.15 bits per heavy atom. The summed E-state index contributed by atoms with van der Waals surface area (Å²) in [6, 6.07) is 1.60. The molecule has 2 unspecified atom stereocenters. The van der Waals surface area contributed by atoms with Crippen LogP contribution in [0.4, 0.5) is 0 Å². The van der Waals surface area contributed by atoms with Crippen molar-refractivity contribution in [1.82, 2.24) is 10.6 Å². The Labute approximate surface area is 82.5 Å². The Hall–Kier alpha value is -0.0800. The van der Waals surface area contributed by atoms with Gasteiger partial charge in [0.1, 0.15) is 0 Å². The van der Waals surface area contributed by atoms with Gasteiger partial charge < -0.3 is 10.6 Å². The first-order chi connectivity index (χ1) is 6.30. The van der Waals surface area contributed by atoms with Crippen LogP contribution in [0.5, 0.6) is 0 Å². The largest absolute Gasteiger partial charge is 0.317 e. The lowest BCUT2D eigenvalue weighted by molar-refractivity contribution is 0.516. The summed E-state index contributed by atoms with van der Waals surface area (Å²) in [4.78, 5) is 0. The van der Waals surface area contributed by atoms with Crippen molar-refractivity contribution in [3.05, 3.63) is 0 Å². The van der Waals surface area contributed by atoms with E-state index in [1.807, 2.05) is 0 Å². The summed E-state index contributed by atoms with van der Waals surface area (Å²) in [5.41, 5.74) is 0. The Morgan fingerprint density at radius 1 is 0.769 bits per heavy atom. The molecule has 2 aliphatic rings. The van der Waals surface area contributed by atoms with Crippen LogP contribution in [0, 0.1) is 0 Å². The van der Waals surface area contributed by atoms with E-state index in [0.717, 1.165) is 12.1 Å². The maximum Gasteiger partial charge on any atom is 0.0193 e. The molecule has 78 valence electrons. The fourth-order valence-corrected chi connectivity index (χ4v) is 1.51. The van der Waals surface area contributed by atoms with Crippen molar-refractivity contribution in [3.8, 4) is 0 Å².